The van der Waals surface area contributed by atoms with E-state index < -0.39 is 0 Å². The number of rotatable bonds is 5. The van der Waals surface area contributed by atoms with E-state index in [1.807, 2.05) is 0 Å². The van der Waals surface area contributed by atoms with Crippen LogP contribution in [-0.4, -0.2) is 44.2 Å². The predicted octanol–water partition coefficient (Wildman–Crippen LogP) is 2.87. The number of likely N-dealkylation sites (N-methyl/N-ethyl adjacent to an activating group) is 2. The average Bonchev–Trinajstić information content (AvgIpc) is 2.44. The fraction of sp³-hybridized carbons (Fsp3) is 0.647. The van der Waals surface area contributed by atoms with Crippen molar-refractivity contribution in [1.82, 2.24) is 10.2 Å². The van der Waals surface area contributed by atoms with E-state index in [9.17, 15) is 0 Å². The van der Waals surface area contributed by atoms with Crippen molar-refractivity contribution in [3.63, 3.8) is 0 Å². The molecule has 1 aromatic rings. The molecule has 2 atom stereocenters. The van der Waals surface area contributed by atoms with Gasteiger partial charge in [-0.2, -0.15) is 0 Å². The van der Waals surface area contributed by atoms with Gasteiger partial charge in [-0.3, -0.25) is 0 Å². The molecule has 1 N–H and O–H groups in total. The second-order valence-corrected chi connectivity index (χ2v) is 6.50. The fourth-order valence-electron chi connectivity index (χ4n) is 3.02. The molecule has 0 spiro atoms. The highest BCUT2D eigenvalue weighted by Crippen LogP contribution is 2.37. The molecular weight excluding hydrogens is 248 g/mol. The summed E-state index contributed by atoms with van der Waals surface area (Å²) in [6, 6.07) is 8.93. The first-order valence-electron chi connectivity index (χ1n) is 7.53. The highest BCUT2D eigenvalue weighted by molar-refractivity contribution is 5.37. The molecule has 3 nitrogen and oxygen atoms in total. The van der Waals surface area contributed by atoms with Gasteiger partial charge in [0.1, 0.15) is 5.75 Å². The van der Waals surface area contributed by atoms with Crippen LogP contribution in [0, 0.1) is 0 Å². The van der Waals surface area contributed by atoms with Crippen LogP contribution in [0.5, 0.6) is 5.75 Å². The molecule has 0 amide bonds. The molecule has 0 fully saturated rings. The number of hydrogen-bond donors (Lipinski definition) is 1. The lowest BCUT2D eigenvalue weighted by Crippen LogP contribution is -2.54. The van der Waals surface area contributed by atoms with E-state index in [0.717, 1.165) is 25.2 Å². The third-order valence-electron chi connectivity index (χ3n) is 4.96. The molecule has 0 radical (unpaired) electrons. The van der Waals surface area contributed by atoms with Crippen LogP contribution >= 0.6 is 0 Å². The lowest BCUT2D eigenvalue weighted by Gasteiger charge is -2.42. The number of ether oxygens (including phenoxy) is 1. The molecule has 0 bridgehead atoms. The number of benzene rings is 1. The maximum Gasteiger partial charge on any atom is 0.122 e. The van der Waals surface area contributed by atoms with E-state index in [4.69, 9.17) is 4.74 Å². The van der Waals surface area contributed by atoms with Crippen molar-refractivity contribution >= 4 is 0 Å². The Labute approximate surface area is 123 Å². The Kier molecular flexibility index (Phi) is 4.71. The molecule has 0 aliphatic carbocycles. The zero-order valence-corrected chi connectivity index (χ0v) is 13.4. The number of hydrogen-bond acceptors (Lipinski definition) is 3. The third-order valence-corrected chi connectivity index (χ3v) is 4.96. The van der Waals surface area contributed by atoms with Gasteiger partial charge in [-0.25, -0.2) is 0 Å². The summed E-state index contributed by atoms with van der Waals surface area (Å²) < 4.78 is 5.77. The standard InChI is InChI=1S/C17H28N2O/c1-17(2,19(4)5)16(18-3)12-13-10-11-20-15-9-7-6-8-14(13)15/h6-9,13,16,18H,10-12H2,1-5H3. The van der Waals surface area contributed by atoms with E-state index in [1.54, 1.807) is 0 Å². The maximum absolute atomic E-state index is 5.77. The van der Waals surface area contributed by atoms with Gasteiger partial charge >= 0.3 is 0 Å². The van der Waals surface area contributed by atoms with Gasteiger partial charge in [0.15, 0.2) is 0 Å². The van der Waals surface area contributed by atoms with Crippen molar-refractivity contribution < 1.29 is 4.74 Å². The van der Waals surface area contributed by atoms with E-state index in [0.29, 0.717) is 12.0 Å². The van der Waals surface area contributed by atoms with Gasteiger partial charge in [-0.1, -0.05) is 18.2 Å². The Bertz CT molecular complexity index is 442. The van der Waals surface area contributed by atoms with Crippen LogP contribution in [0.1, 0.15) is 38.2 Å². The lowest BCUT2D eigenvalue weighted by atomic mass is 9.81. The van der Waals surface area contributed by atoms with Gasteiger partial charge in [0, 0.05) is 11.6 Å². The lowest BCUT2D eigenvalue weighted by molar-refractivity contribution is 0.127. The summed E-state index contributed by atoms with van der Waals surface area (Å²) in [4.78, 5) is 2.30. The zero-order chi connectivity index (χ0) is 14.8. The monoisotopic (exact) mass is 276 g/mol. The number of para-hydroxylation sites is 1. The Morgan fingerprint density at radius 2 is 2.05 bits per heavy atom. The van der Waals surface area contributed by atoms with E-state index in [1.165, 1.54) is 5.56 Å². The molecular formula is C17H28N2O. The minimum atomic E-state index is 0.127. The summed E-state index contributed by atoms with van der Waals surface area (Å²) >= 11 is 0. The Morgan fingerprint density at radius 1 is 1.35 bits per heavy atom. The van der Waals surface area contributed by atoms with Crippen molar-refractivity contribution in [3.05, 3.63) is 29.8 Å². The van der Waals surface area contributed by atoms with Gasteiger partial charge in [0.25, 0.3) is 0 Å². The smallest absolute Gasteiger partial charge is 0.122 e. The summed E-state index contributed by atoms with van der Waals surface area (Å²) in [6.45, 7) is 5.44. The molecule has 2 rings (SSSR count). The predicted molar refractivity (Wildman–Crippen MR) is 84.5 cm³/mol. The topological polar surface area (TPSA) is 24.5 Å². The van der Waals surface area contributed by atoms with Crippen molar-refractivity contribution in [3.8, 4) is 5.75 Å². The Morgan fingerprint density at radius 3 is 2.70 bits per heavy atom. The van der Waals surface area contributed by atoms with Crippen LogP contribution in [-0.2, 0) is 0 Å². The SMILES string of the molecule is CNC(CC1CCOc2ccccc21)C(C)(C)N(C)C. The molecule has 1 aromatic carbocycles. The highest BCUT2D eigenvalue weighted by Gasteiger charge is 2.34. The molecule has 1 aliphatic heterocycles. The summed E-state index contributed by atoms with van der Waals surface area (Å²) in [6.07, 6.45) is 2.25. The third kappa shape index (κ3) is 2.99. The van der Waals surface area contributed by atoms with Gasteiger partial charge in [0.2, 0.25) is 0 Å². The van der Waals surface area contributed by atoms with E-state index in [-0.39, 0.29) is 5.54 Å². The first-order valence-corrected chi connectivity index (χ1v) is 7.53. The number of nitrogens with one attached hydrogen (secondary N) is 1. The van der Waals surface area contributed by atoms with Crippen LogP contribution in [0.25, 0.3) is 0 Å². The minimum absolute atomic E-state index is 0.127. The first-order chi connectivity index (χ1) is 9.46. The van der Waals surface area contributed by atoms with E-state index in [2.05, 4.69) is 69.5 Å². The van der Waals surface area contributed by atoms with Crippen LogP contribution in [0.15, 0.2) is 24.3 Å². The van der Waals surface area contributed by atoms with Crippen LogP contribution in [0.3, 0.4) is 0 Å². The highest BCUT2D eigenvalue weighted by atomic mass is 16.5. The normalized spacial score (nSPS) is 20.4. The molecule has 1 heterocycles. The van der Waals surface area contributed by atoms with Crippen LogP contribution < -0.4 is 10.1 Å². The van der Waals surface area contributed by atoms with Crippen molar-refractivity contribution in [2.24, 2.45) is 0 Å². The molecule has 3 heteroatoms. The average molecular weight is 276 g/mol. The summed E-state index contributed by atoms with van der Waals surface area (Å²) in [5, 5.41) is 3.52. The van der Waals surface area contributed by atoms with Crippen molar-refractivity contribution in [2.75, 3.05) is 27.7 Å². The van der Waals surface area contributed by atoms with Gasteiger partial charge in [-0.05, 0) is 65.4 Å². The Hall–Kier alpha value is -1.06. The first kappa shape index (κ1) is 15.3. The Balaban J connectivity index is 2.17. The van der Waals surface area contributed by atoms with Crippen LogP contribution in [0.4, 0.5) is 0 Å². The largest absolute Gasteiger partial charge is 0.493 e. The molecule has 0 aromatic heterocycles. The zero-order valence-electron chi connectivity index (χ0n) is 13.4. The molecule has 0 saturated carbocycles. The molecule has 20 heavy (non-hydrogen) atoms. The molecule has 2 unspecified atom stereocenters. The quantitative estimate of drug-likeness (QED) is 0.895. The second-order valence-electron chi connectivity index (χ2n) is 6.50. The fourth-order valence-corrected chi connectivity index (χ4v) is 3.02. The van der Waals surface area contributed by atoms with Crippen molar-refractivity contribution in [2.45, 2.75) is 44.2 Å². The second kappa shape index (κ2) is 6.15. The summed E-state index contributed by atoms with van der Waals surface area (Å²) in [7, 11) is 6.38. The van der Waals surface area contributed by atoms with Crippen molar-refractivity contribution in [1.29, 1.82) is 0 Å². The molecule has 112 valence electrons. The summed E-state index contributed by atoms with van der Waals surface area (Å²) in [5.41, 5.74) is 1.50. The van der Waals surface area contributed by atoms with Gasteiger partial charge in [-0.15, -0.1) is 0 Å². The van der Waals surface area contributed by atoms with Gasteiger partial charge < -0.3 is 15.0 Å². The van der Waals surface area contributed by atoms with Crippen LogP contribution in [0.2, 0.25) is 0 Å². The number of fused-ring (bicyclic) bond motifs is 1. The minimum Gasteiger partial charge on any atom is -0.493 e. The maximum atomic E-state index is 5.77. The van der Waals surface area contributed by atoms with Gasteiger partial charge in [0.05, 0.1) is 6.61 Å². The molecule has 1 aliphatic rings. The number of nitrogens with zero attached hydrogens (tertiary/aromatic N) is 1. The van der Waals surface area contributed by atoms with E-state index >= 15 is 0 Å². The summed E-state index contributed by atoms with van der Waals surface area (Å²) in [5.74, 6) is 1.65. The molecule has 0 saturated heterocycles.